The average molecular weight is 412 g/mol. The monoisotopic (exact) mass is 411 g/mol. The second-order valence-corrected chi connectivity index (χ2v) is 7.86. The quantitative estimate of drug-likeness (QED) is 0.320. The maximum atomic E-state index is 4.13. The van der Waals surface area contributed by atoms with Crippen LogP contribution in [0.3, 0.4) is 0 Å². The van der Waals surface area contributed by atoms with Crippen LogP contribution in [0, 0.1) is 0 Å². The minimum atomic E-state index is 1.12. The molecule has 1 N–H and O–H groups in total. The fourth-order valence-corrected chi connectivity index (χ4v) is 4.36. The molecule has 2 heterocycles. The molecule has 6 rings (SSSR count). The van der Waals surface area contributed by atoms with Gasteiger partial charge in [-0.25, -0.2) is 0 Å². The van der Waals surface area contributed by atoms with E-state index in [0.29, 0.717) is 0 Å². The van der Waals surface area contributed by atoms with Gasteiger partial charge in [0.25, 0.3) is 0 Å². The third-order valence-corrected chi connectivity index (χ3v) is 5.88. The molecule has 3 nitrogen and oxygen atoms in total. The number of H-pyrrole nitrogens is 1. The van der Waals surface area contributed by atoms with Crippen LogP contribution >= 0.6 is 0 Å². The second-order valence-electron chi connectivity index (χ2n) is 7.86. The van der Waals surface area contributed by atoms with Gasteiger partial charge in [0.2, 0.25) is 0 Å². The van der Waals surface area contributed by atoms with Gasteiger partial charge in [0.05, 0.1) is 0 Å². The smallest absolute Gasteiger partial charge is 0.0485 e. The van der Waals surface area contributed by atoms with Gasteiger partial charge in [-0.3, -0.25) is 4.98 Å². The molecule has 32 heavy (non-hydrogen) atoms. The minimum Gasteiger partial charge on any atom is -0.354 e. The Bertz CT molecular complexity index is 1460. The van der Waals surface area contributed by atoms with Gasteiger partial charge < -0.3 is 9.88 Å². The van der Waals surface area contributed by atoms with E-state index < -0.39 is 0 Å². The third-order valence-electron chi connectivity index (χ3n) is 5.88. The number of nitrogens with one attached hydrogen (secondary N) is 1. The number of pyridine rings is 1. The molecule has 0 bridgehead atoms. The van der Waals surface area contributed by atoms with Crippen molar-refractivity contribution in [2.45, 2.75) is 0 Å². The summed E-state index contributed by atoms with van der Waals surface area (Å²) in [6, 6.07) is 38.3. The van der Waals surface area contributed by atoms with Gasteiger partial charge >= 0.3 is 0 Å². The Morgan fingerprint density at radius 2 is 1.09 bits per heavy atom. The molecule has 0 aliphatic rings. The van der Waals surface area contributed by atoms with Crippen LogP contribution in [-0.2, 0) is 0 Å². The van der Waals surface area contributed by atoms with E-state index >= 15 is 0 Å². The maximum absolute atomic E-state index is 4.13. The number of hydrogen-bond acceptors (Lipinski definition) is 2. The van der Waals surface area contributed by atoms with Crippen molar-refractivity contribution < 1.29 is 0 Å². The molecule has 0 amide bonds. The second kappa shape index (κ2) is 7.71. The van der Waals surface area contributed by atoms with Crippen molar-refractivity contribution >= 4 is 38.9 Å². The number of hydrogen-bond donors (Lipinski definition) is 1. The molecule has 0 unspecified atom stereocenters. The Kier molecular flexibility index (Phi) is 4.43. The van der Waals surface area contributed by atoms with Crippen LogP contribution in [-0.4, -0.2) is 9.97 Å². The van der Waals surface area contributed by atoms with E-state index in [4.69, 9.17) is 0 Å². The topological polar surface area (TPSA) is 31.9 Å². The summed E-state index contributed by atoms with van der Waals surface area (Å²) < 4.78 is 0. The predicted octanol–water partition coefficient (Wildman–Crippen LogP) is 7.85. The van der Waals surface area contributed by atoms with E-state index in [1.54, 1.807) is 0 Å². The molecular formula is C29H21N3. The summed E-state index contributed by atoms with van der Waals surface area (Å²) in [5, 5.41) is 2.46. The number of aromatic nitrogens is 2. The molecule has 6 aromatic rings. The van der Waals surface area contributed by atoms with E-state index in [1.807, 2.05) is 36.7 Å². The van der Waals surface area contributed by atoms with Crippen LogP contribution in [0.5, 0.6) is 0 Å². The Labute approximate surface area is 186 Å². The number of nitrogens with zero attached hydrogens (tertiary/aromatic N) is 2. The molecule has 0 saturated carbocycles. The van der Waals surface area contributed by atoms with Gasteiger partial charge in [0.15, 0.2) is 0 Å². The lowest BCUT2D eigenvalue weighted by atomic mass is 10.0. The average Bonchev–Trinajstić information content (AvgIpc) is 3.23. The van der Waals surface area contributed by atoms with Crippen molar-refractivity contribution in [1.29, 1.82) is 0 Å². The molecule has 152 valence electrons. The summed E-state index contributed by atoms with van der Waals surface area (Å²) in [4.78, 5) is 10.1. The van der Waals surface area contributed by atoms with E-state index in [-0.39, 0.29) is 0 Å². The fourth-order valence-electron chi connectivity index (χ4n) is 4.36. The SMILES string of the molecule is c1ccc(N(c2ccccc2)c2ccc3c(c2)[nH]c2cc(-c4ccncc4)ccc23)cc1. The van der Waals surface area contributed by atoms with Crippen LogP contribution in [0.4, 0.5) is 17.1 Å². The lowest BCUT2D eigenvalue weighted by Gasteiger charge is -2.25. The Morgan fingerprint density at radius 3 is 1.75 bits per heavy atom. The van der Waals surface area contributed by atoms with Crippen molar-refractivity contribution in [3.8, 4) is 11.1 Å². The van der Waals surface area contributed by atoms with Gasteiger partial charge in [-0.05, 0) is 65.7 Å². The predicted molar refractivity (Wildman–Crippen MR) is 134 cm³/mol. The zero-order valence-corrected chi connectivity index (χ0v) is 17.4. The van der Waals surface area contributed by atoms with Gasteiger partial charge in [-0.2, -0.15) is 0 Å². The molecule has 0 radical (unpaired) electrons. The highest BCUT2D eigenvalue weighted by molar-refractivity contribution is 6.09. The molecular weight excluding hydrogens is 390 g/mol. The number of rotatable bonds is 4. The Hall–Kier alpha value is -4.37. The summed E-state index contributed by atoms with van der Waals surface area (Å²) in [6.07, 6.45) is 3.66. The van der Waals surface area contributed by atoms with Crippen molar-refractivity contribution in [1.82, 2.24) is 9.97 Å². The maximum Gasteiger partial charge on any atom is 0.0485 e. The lowest BCUT2D eigenvalue weighted by Crippen LogP contribution is -2.09. The molecule has 2 aromatic heterocycles. The zero-order chi connectivity index (χ0) is 21.3. The normalized spacial score (nSPS) is 11.1. The molecule has 0 atom stereocenters. The van der Waals surface area contributed by atoms with Crippen molar-refractivity contribution in [2.24, 2.45) is 0 Å². The first-order valence-corrected chi connectivity index (χ1v) is 10.7. The summed E-state index contributed by atoms with van der Waals surface area (Å²) in [6.45, 7) is 0. The summed E-state index contributed by atoms with van der Waals surface area (Å²) in [5.41, 5.74) is 8.00. The first-order valence-electron chi connectivity index (χ1n) is 10.7. The number of fused-ring (bicyclic) bond motifs is 3. The fraction of sp³-hybridized carbons (Fsp3) is 0. The largest absolute Gasteiger partial charge is 0.354 e. The molecule has 0 aliphatic heterocycles. The van der Waals surface area contributed by atoms with E-state index in [2.05, 4.69) is 99.8 Å². The van der Waals surface area contributed by atoms with Crippen LogP contribution in [0.1, 0.15) is 0 Å². The first kappa shape index (κ1) is 18.4. The highest BCUT2D eigenvalue weighted by Gasteiger charge is 2.14. The van der Waals surface area contributed by atoms with Crippen molar-refractivity contribution in [3.05, 3.63) is 122 Å². The minimum absolute atomic E-state index is 1.12. The molecule has 0 spiro atoms. The number of aromatic amines is 1. The van der Waals surface area contributed by atoms with E-state index in [9.17, 15) is 0 Å². The highest BCUT2D eigenvalue weighted by Crippen LogP contribution is 2.37. The summed E-state index contributed by atoms with van der Waals surface area (Å²) >= 11 is 0. The molecule has 3 heteroatoms. The summed E-state index contributed by atoms with van der Waals surface area (Å²) in [5.74, 6) is 0. The molecule has 0 saturated heterocycles. The lowest BCUT2D eigenvalue weighted by molar-refractivity contribution is 1.29. The standard InChI is InChI=1S/C29H21N3/c1-3-7-23(8-4-1)32(24-9-5-2-6-10-24)25-12-14-27-26-13-11-22(21-15-17-30-18-16-21)19-28(26)31-29(27)20-25/h1-20,31H. The Balaban J connectivity index is 1.49. The molecule has 4 aromatic carbocycles. The van der Waals surface area contributed by atoms with Gasteiger partial charge in [0.1, 0.15) is 0 Å². The van der Waals surface area contributed by atoms with Crippen LogP contribution in [0.25, 0.3) is 32.9 Å². The third kappa shape index (κ3) is 3.21. The number of benzene rings is 4. The first-order chi connectivity index (χ1) is 15.9. The van der Waals surface area contributed by atoms with E-state index in [1.165, 1.54) is 21.9 Å². The molecule has 0 aliphatic carbocycles. The van der Waals surface area contributed by atoms with Gasteiger partial charge in [-0.1, -0.05) is 54.6 Å². The summed E-state index contributed by atoms with van der Waals surface area (Å²) in [7, 11) is 0. The highest BCUT2D eigenvalue weighted by atomic mass is 15.1. The Morgan fingerprint density at radius 1 is 0.500 bits per heavy atom. The van der Waals surface area contributed by atoms with Crippen LogP contribution < -0.4 is 4.90 Å². The van der Waals surface area contributed by atoms with Crippen molar-refractivity contribution in [2.75, 3.05) is 4.90 Å². The van der Waals surface area contributed by atoms with Crippen LogP contribution in [0.2, 0.25) is 0 Å². The number of anilines is 3. The van der Waals surface area contributed by atoms with E-state index in [0.717, 1.165) is 28.1 Å². The zero-order valence-electron chi connectivity index (χ0n) is 17.4. The van der Waals surface area contributed by atoms with Gasteiger partial charge in [-0.15, -0.1) is 0 Å². The van der Waals surface area contributed by atoms with Crippen molar-refractivity contribution in [3.63, 3.8) is 0 Å². The van der Waals surface area contributed by atoms with Gasteiger partial charge in [0, 0.05) is 51.3 Å². The number of para-hydroxylation sites is 2. The molecule has 0 fully saturated rings. The van der Waals surface area contributed by atoms with Crippen LogP contribution in [0.15, 0.2) is 122 Å².